The number of rotatable bonds is 4. The van der Waals surface area contributed by atoms with E-state index in [-0.39, 0.29) is 16.9 Å². The molecule has 166 valence electrons. The number of halogens is 6. The van der Waals surface area contributed by atoms with Crippen LogP contribution in [0.2, 0.25) is 0 Å². The Morgan fingerprint density at radius 2 is 1.77 bits per heavy atom. The van der Waals surface area contributed by atoms with Gasteiger partial charge in [0.25, 0.3) is 11.5 Å². The highest BCUT2D eigenvalue weighted by Gasteiger charge is 2.32. The number of amides is 1. The first-order valence-electron chi connectivity index (χ1n) is 8.79. The second-order valence-electron chi connectivity index (χ2n) is 6.74. The summed E-state index contributed by atoms with van der Waals surface area (Å²) in [7, 11) is 0. The Bertz CT molecular complexity index is 1180. The van der Waals surface area contributed by atoms with Gasteiger partial charge in [-0.25, -0.2) is 9.67 Å². The molecule has 0 radical (unpaired) electrons. The van der Waals surface area contributed by atoms with Crippen LogP contribution in [0.25, 0.3) is 11.0 Å². The molecule has 2 N–H and O–H groups in total. The van der Waals surface area contributed by atoms with Gasteiger partial charge in [-0.05, 0) is 31.5 Å². The quantitative estimate of drug-likeness (QED) is 0.600. The molecule has 2 heterocycles. The normalized spacial score (nSPS) is 13.4. The first kappa shape index (κ1) is 22.3. The number of aromatic amines is 1. The Morgan fingerprint density at radius 1 is 1.16 bits per heavy atom. The van der Waals surface area contributed by atoms with Crippen LogP contribution in [0.1, 0.15) is 40.4 Å². The van der Waals surface area contributed by atoms with Crippen LogP contribution in [-0.4, -0.2) is 38.4 Å². The van der Waals surface area contributed by atoms with E-state index in [1.807, 2.05) is 0 Å². The molecule has 7 nitrogen and oxygen atoms in total. The largest absolute Gasteiger partial charge is 0.416 e. The van der Waals surface area contributed by atoms with E-state index in [9.17, 15) is 35.9 Å². The topological polar surface area (TPSA) is 92.7 Å². The van der Waals surface area contributed by atoms with Crippen molar-refractivity contribution in [3.05, 3.63) is 57.3 Å². The van der Waals surface area contributed by atoms with Gasteiger partial charge >= 0.3 is 12.4 Å². The average Bonchev–Trinajstić information content (AvgIpc) is 3.04. The molecule has 0 fully saturated rings. The molecule has 3 aromatic rings. The molecular weight excluding hydrogens is 432 g/mol. The first-order valence-corrected chi connectivity index (χ1v) is 8.79. The van der Waals surface area contributed by atoms with Gasteiger partial charge in [-0.3, -0.25) is 9.59 Å². The maximum atomic E-state index is 12.8. The van der Waals surface area contributed by atoms with Gasteiger partial charge in [0.15, 0.2) is 11.3 Å². The molecule has 0 aliphatic rings. The van der Waals surface area contributed by atoms with Gasteiger partial charge in [-0.1, -0.05) is 12.1 Å². The number of benzene rings is 1. The second-order valence-corrected chi connectivity index (χ2v) is 6.74. The van der Waals surface area contributed by atoms with Crippen LogP contribution in [0.4, 0.5) is 26.3 Å². The molecule has 13 heteroatoms. The number of aromatic nitrogens is 4. The van der Waals surface area contributed by atoms with Gasteiger partial charge in [0, 0.05) is 0 Å². The molecule has 1 unspecified atom stereocenters. The van der Waals surface area contributed by atoms with Crippen molar-refractivity contribution in [3.8, 4) is 0 Å². The zero-order valence-electron chi connectivity index (χ0n) is 16.0. The van der Waals surface area contributed by atoms with Gasteiger partial charge in [0.1, 0.15) is 17.8 Å². The average molecular weight is 447 g/mol. The van der Waals surface area contributed by atoms with Crippen molar-refractivity contribution in [2.24, 2.45) is 0 Å². The Kier molecular flexibility index (Phi) is 5.54. The predicted molar refractivity (Wildman–Crippen MR) is 96.5 cm³/mol. The summed E-state index contributed by atoms with van der Waals surface area (Å²) in [6.45, 7) is 1.35. The second kappa shape index (κ2) is 7.71. The van der Waals surface area contributed by atoms with Crippen LogP contribution >= 0.6 is 0 Å². The Labute approximate surface area is 170 Å². The summed E-state index contributed by atoms with van der Waals surface area (Å²) < 4.78 is 76.9. The molecular formula is C18H15F6N5O2. The number of carbonyl (C=O) groups is 1. The number of fused-ring (bicyclic) bond motifs is 1. The number of alkyl halides is 6. The number of carbonyl (C=O) groups excluding carboxylic acids is 1. The van der Waals surface area contributed by atoms with E-state index in [0.29, 0.717) is 5.56 Å². The summed E-state index contributed by atoms with van der Waals surface area (Å²) in [6.07, 6.45) is -9.21. The van der Waals surface area contributed by atoms with Gasteiger partial charge in [-0.15, -0.1) is 0 Å². The summed E-state index contributed by atoms with van der Waals surface area (Å²) >= 11 is 0. The van der Waals surface area contributed by atoms with Crippen molar-refractivity contribution < 1.29 is 31.1 Å². The number of hydrogen-bond acceptors (Lipinski definition) is 4. The van der Waals surface area contributed by atoms with E-state index in [1.54, 1.807) is 5.32 Å². The number of hydrogen-bond donors (Lipinski definition) is 2. The van der Waals surface area contributed by atoms with Crippen LogP contribution < -0.4 is 10.9 Å². The Balaban J connectivity index is 2.08. The molecule has 1 amide bonds. The minimum Gasteiger partial charge on any atom is -0.341 e. The maximum absolute atomic E-state index is 12.8. The molecule has 0 saturated carbocycles. The van der Waals surface area contributed by atoms with Crippen molar-refractivity contribution in [2.45, 2.75) is 32.2 Å². The summed E-state index contributed by atoms with van der Waals surface area (Å²) in [4.78, 5) is 31.1. The van der Waals surface area contributed by atoms with Crippen LogP contribution in [-0.2, 0) is 6.18 Å². The lowest BCUT2D eigenvalue weighted by Gasteiger charge is -2.15. The molecule has 0 bridgehead atoms. The number of aryl methyl sites for hydroxylation is 1. The lowest BCUT2D eigenvalue weighted by Crippen LogP contribution is -2.34. The zero-order valence-corrected chi connectivity index (χ0v) is 16.0. The fraction of sp³-hybridized carbons (Fsp3) is 0.333. The monoisotopic (exact) mass is 447 g/mol. The highest BCUT2D eigenvalue weighted by Crippen LogP contribution is 2.31. The summed E-state index contributed by atoms with van der Waals surface area (Å²) in [5, 5.41) is 5.29. The molecule has 1 atom stereocenters. The third kappa shape index (κ3) is 4.70. The van der Waals surface area contributed by atoms with Gasteiger partial charge in [-0.2, -0.15) is 31.4 Å². The van der Waals surface area contributed by atoms with Crippen molar-refractivity contribution in [2.75, 3.05) is 6.54 Å². The number of nitrogens with one attached hydrogen (secondary N) is 2. The minimum absolute atomic E-state index is 0.0918. The van der Waals surface area contributed by atoms with Crippen LogP contribution in [0.5, 0.6) is 0 Å². The fourth-order valence-electron chi connectivity index (χ4n) is 2.94. The van der Waals surface area contributed by atoms with Gasteiger partial charge in [0.05, 0.1) is 11.6 Å². The fourth-order valence-corrected chi connectivity index (χ4v) is 2.94. The molecule has 31 heavy (non-hydrogen) atoms. The predicted octanol–water partition coefficient (Wildman–Crippen LogP) is 3.35. The van der Waals surface area contributed by atoms with Crippen LogP contribution in [0.15, 0.2) is 29.1 Å². The van der Waals surface area contributed by atoms with E-state index in [1.165, 1.54) is 26.0 Å². The molecule has 0 saturated heterocycles. The smallest absolute Gasteiger partial charge is 0.341 e. The van der Waals surface area contributed by atoms with Gasteiger partial charge in [0.2, 0.25) is 0 Å². The van der Waals surface area contributed by atoms with Crippen LogP contribution in [0.3, 0.4) is 0 Å². The van der Waals surface area contributed by atoms with Crippen LogP contribution in [0, 0.1) is 6.92 Å². The van der Waals surface area contributed by atoms with E-state index in [2.05, 4.69) is 15.1 Å². The lowest BCUT2D eigenvalue weighted by atomic mass is 10.1. The highest BCUT2D eigenvalue weighted by molar-refractivity contribution is 6.03. The third-order valence-corrected chi connectivity index (χ3v) is 4.43. The Morgan fingerprint density at radius 3 is 2.32 bits per heavy atom. The van der Waals surface area contributed by atoms with Crippen molar-refractivity contribution in [1.82, 2.24) is 25.1 Å². The number of nitrogens with zero attached hydrogens (tertiary/aromatic N) is 3. The molecule has 1 aromatic carbocycles. The van der Waals surface area contributed by atoms with Crippen molar-refractivity contribution in [1.29, 1.82) is 0 Å². The minimum atomic E-state index is -4.68. The highest BCUT2D eigenvalue weighted by atomic mass is 19.4. The third-order valence-electron chi connectivity index (χ3n) is 4.43. The summed E-state index contributed by atoms with van der Waals surface area (Å²) in [5.41, 5.74) is -1.98. The maximum Gasteiger partial charge on any atom is 0.416 e. The van der Waals surface area contributed by atoms with E-state index in [0.717, 1.165) is 16.8 Å². The lowest BCUT2D eigenvalue weighted by molar-refractivity contribution is -0.137. The van der Waals surface area contributed by atoms with Gasteiger partial charge < -0.3 is 10.3 Å². The molecule has 0 aliphatic heterocycles. The summed E-state index contributed by atoms with van der Waals surface area (Å²) in [6, 6.07) is 3.33. The van der Waals surface area contributed by atoms with E-state index < -0.39 is 47.7 Å². The zero-order chi connectivity index (χ0) is 23.1. The standard InChI is InChI=1S/C18H15F6N5O2/c1-8(10-3-5-11(6-4-10)18(22,23)24)29-14-12(15(30)27-9(2)26-14)13(28-29)16(31)25-7-17(19,20)21/h3-6,8H,7H2,1-2H3,(H,25,31)(H,26,27,30). The first-order chi connectivity index (χ1) is 14.3. The van der Waals surface area contributed by atoms with Crippen molar-refractivity contribution >= 4 is 16.9 Å². The molecule has 2 aromatic heterocycles. The SMILES string of the molecule is Cc1nc2c(c(C(=O)NCC(F)(F)F)nn2C(C)c2ccc(C(F)(F)F)cc2)c(=O)[nH]1. The van der Waals surface area contributed by atoms with E-state index in [4.69, 9.17) is 0 Å². The number of H-pyrrole nitrogens is 1. The Hall–Kier alpha value is -3.38. The van der Waals surface area contributed by atoms with E-state index >= 15 is 0 Å². The molecule has 0 spiro atoms. The summed E-state index contributed by atoms with van der Waals surface area (Å²) in [5.74, 6) is -1.09. The molecule has 0 aliphatic carbocycles. The molecule has 3 rings (SSSR count). The van der Waals surface area contributed by atoms with Crippen molar-refractivity contribution in [3.63, 3.8) is 0 Å².